The molecule has 0 saturated carbocycles. The lowest BCUT2D eigenvalue weighted by molar-refractivity contribution is -0.383. The van der Waals surface area contributed by atoms with Gasteiger partial charge in [0.25, 0.3) is 5.69 Å². The second-order valence-electron chi connectivity index (χ2n) is 8.04. The zero-order valence-electron chi connectivity index (χ0n) is 18.7. The van der Waals surface area contributed by atoms with Crippen molar-refractivity contribution in [2.24, 2.45) is 0 Å². The van der Waals surface area contributed by atoms with Gasteiger partial charge in [-0.3, -0.25) is 24.8 Å². The molecular weight excluding hydrogens is 467 g/mol. The molecule has 0 spiro atoms. The Morgan fingerprint density at radius 1 is 1.09 bits per heavy atom. The third-order valence-corrected chi connectivity index (χ3v) is 5.91. The summed E-state index contributed by atoms with van der Waals surface area (Å²) < 4.78 is 40.7. The van der Waals surface area contributed by atoms with Gasteiger partial charge in [0.1, 0.15) is 5.75 Å². The highest BCUT2D eigenvalue weighted by atomic mass is 19.4. The van der Waals surface area contributed by atoms with Crippen molar-refractivity contribution in [2.45, 2.75) is 19.3 Å². The van der Waals surface area contributed by atoms with Crippen molar-refractivity contribution in [2.75, 3.05) is 36.4 Å². The molecule has 35 heavy (non-hydrogen) atoms. The van der Waals surface area contributed by atoms with Gasteiger partial charge in [0, 0.05) is 61.4 Å². The first-order valence-corrected chi connectivity index (χ1v) is 10.8. The van der Waals surface area contributed by atoms with E-state index in [-0.39, 0.29) is 17.3 Å². The van der Waals surface area contributed by atoms with Crippen LogP contribution in [0.15, 0.2) is 54.9 Å². The molecule has 9 nitrogen and oxygen atoms in total. The summed E-state index contributed by atoms with van der Waals surface area (Å²) >= 11 is 0. The minimum atomic E-state index is -4.78. The Labute approximate surface area is 198 Å². The van der Waals surface area contributed by atoms with Crippen molar-refractivity contribution in [1.29, 1.82) is 0 Å². The number of anilines is 2. The largest absolute Gasteiger partial charge is 0.573 e. The standard InChI is InChI=1S/C23H22F3N5O4/c1-15(22(32)28-16-2-4-17(5-3-16)35-23(24,25)26)29-10-12-30(13-11-29)20-6-7-21(31(33)34)19-14-27-9-8-18(19)20/h2-9,14-15H,10-13H2,1H3,(H,28,32)/t15-/m1/s1. The van der Waals surface area contributed by atoms with Crippen molar-refractivity contribution in [3.8, 4) is 5.75 Å². The molecule has 2 heterocycles. The topological polar surface area (TPSA) is 101 Å². The van der Waals surface area contributed by atoms with E-state index < -0.39 is 17.3 Å². The van der Waals surface area contributed by atoms with E-state index in [4.69, 9.17) is 0 Å². The molecule has 4 rings (SSSR count). The van der Waals surface area contributed by atoms with Gasteiger partial charge in [-0.15, -0.1) is 13.2 Å². The van der Waals surface area contributed by atoms with Crippen LogP contribution in [0.1, 0.15) is 6.92 Å². The highest BCUT2D eigenvalue weighted by Gasteiger charge is 2.31. The van der Waals surface area contributed by atoms with Crippen LogP contribution in [0, 0.1) is 10.1 Å². The Kier molecular flexibility index (Phi) is 6.74. The summed E-state index contributed by atoms with van der Waals surface area (Å²) in [4.78, 5) is 31.8. The molecule has 184 valence electrons. The van der Waals surface area contributed by atoms with Crippen LogP contribution in [0.3, 0.4) is 0 Å². The highest BCUT2D eigenvalue weighted by molar-refractivity contribution is 5.99. The number of alkyl halides is 3. The van der Waals surface area contributed by atoms with E-state index in [1.165, 1.54) is 24.4 Å². The van der Waals surface area contributed by atoms with Crippen molar-refractivity contribution in [3.05, 3.63) is 65.0 Å². The van der Waals surface area contributed by atoms with Crippen molar-refractivity contribution in [1.82, 2.24) is 9.88 Å². The molecule has 1 fully saturated rings. The predicted octanol–water partition coefficient (Wildman–Crippen LogP) is 4.19. The quantitative estimate of drug-likeness (QED) is 0.409. The fourth-order valence-corrected chi connectivity index (χ4v) is 4.10. The minimum Gasteiger partial charge on any atom is -0.406 e. The number of nitro groups is 1. The van der Waals surface area contributed by atoms with E-state index in [2.05, 4.69) is 19.9 Å². The number of ether oxygens (including phenoxy) is 1. The van der Waals surface area contributed by atoms with Gasteiger partial charge in [-0.2, -0.15) is 0 Å². The van der Waals surface area contributed by atoms with Gasteiger partial charge in [-0.1, -0.05) is 0 Å². The molecule has 1 saturated heterocycles. The zero-order chi connectivity index (χ0) is 25.2. The van der Waals surface area contributed by atoms with E-state index in [9.17, 15) is 28.1 Å². The predicted molar refractivity (Wildman–Crippen MR) is 123 cm³/mol. The maximum Gasteiger partial charge on any atom is 0.573 e. The van der Waals surface area contributed by atoms with E-state index in [1.54, 1.807) is 25.3 Å². The number of rotatable bonds is 6. The normalized spacial score (nSPS) is 15.6. The van der Waals surface area contributed by atoms with Gasteiger partial charge < -0.3 is 15.0 Å². The Morgan fingerprint density at radius 2 is 1.77 bits per heavy atom. The first kappa shape index (κ1) is 24.2. The van der Waals surface area contributed by atoms with Crippen LogP contribution in [0.4, 0.5) is 30.2 Å². The Hall–Kier alpha value is -3.93. The molecule has 0 aliphatic carbocycles. The molecule has 12 heteroatoms. The molecular formula is C23H22F3N5O4. The first-order chi connectivity index (χ1) is 16.6. The van der Waals surface area contributed by atoms with Crippen LogP contribution >= 0.6 is 0 Å². The van der Waals surface area contributed by atoms with Crippen LogP contribution in [-0.4, -0.2) is 59.3 Å². The number of amides is 1. The number of aromatic nitrogens is 1. The number of pyridine rings is 1. The maximum absolute atomic E-state index is 12.7. The van der Waals surface area contributed by atoms with Crippen LogP contribution in [0.2, 0.25) is 0 Å². The number of hydrogen-bond donors (Lipinski definition) is 1. The lowest BCUT2D eigenvalue weighted by atomic mass is 10.1. The summed E-state index contributed by atoms with van der Waals surface area (Å²) in [6.45, 7) is 4.14. The Morgan fingerprint density at radius 3 is 2.40 bits per heavy atom. The van der Waals surface area contributed by atoms with Crippen LogP contribution in [0.5, 0.6) is 5.75 Å². The number of hydrogen-bond acceptors (Lipinski definition) is 7. The summed E-state index contributed by atoms with van der Waals surface area (Å²) in [5.41, 5.74) is 1.23. The number of nitrogens with one attached hydrogen (secondary N) is 1. The minimum absolute atomic E-state index is 0.00113. The van der Waals surface area contributed by atoms with Crippen LogP contribution < -0.4 is 15.0 Å². The summed E-state index contributed by atoms with van der Waals surface area (Å²) in [5, 5.41) is 15.3. The first-order valence-electron chi connectivity index (χ1n) is 10.8. The van der Waals surface area contributed by atoms with Gasteiger partial charge in [0.15, 0.2) is 0 Å². The molecule has 3 aromatic rings. The van der Waals surface area contributed by atoms with Gasteiger partial charge in [-0.05, 0) is 43.3 Å². The summed E-state index contributed by atoms with van der Waals surface area (Å²) in [7, 11) is 0. The van der Waals surface area contributed by atoms with Crippen LogP contribution in [0.25, 0.3) is 10.8 Å². The molecule has 0 unspecified atom stereocenters. The number of carbonyl (C=O) groups excluding carboxylic acids is 1. The van der Waals surface area contributed by atoms with E-state index in [0.717, 1.165) is 23.2 Å². The molecule has 1 aromatic heterocycles. The molecule has 1 amide bonds. The number of nitro benzene ring substituents is 1. The molecule has 2 aromatic carbocycles. The van der Waals surface area contributed by atoms with Gasteiger partial charge >= 0.3 is 6.36 Å². The molecule has 0 bridgehead atoms. The monoisotopic (exact) mass is 489 g/mol. The number of nitrogens with zero attached hydrogens (tertiary/aromatic N) is 4. The molecule has 1 aliphatic heterocycles. The molecule has 1 atom stereocenters. The lowest BCUT2D eigenvalue weighted by Crippen LogP contribution is -2.52. The average Bonchev–Trinajstić information content (AvgIpc) is 2.83. The second-order valence-corrected chi connectivity index (χ2v) is 8.04. The van der Waals surface area contributed by atoms with E-state index in [0.29, 0.717) is 37.3 Å². The average molecular weight is 489 g/mol. The van der Waals surface area contributed by atoms with E-state index in [1.807, 2.05) is 4.90 Å². The van der Waals surface area contributed by atoms with Gasteiger partial charge in [0.2, 0.25) is 5.91 Å². The Balaban J connectivity index is 1.38. The summed E-state index contributed by atoms with van der Waals surface area (Å²) in [6.07, 6.45) is -1.69. The fraction of sp³-hybridized carbons (Fsp3) is 0.304. The third kappa shape index (κ3) is 5.60. The van der Waals surface area contributed by atoms with Crippen LogP contribution in [-0.2, 0) is 4.79 Å². The van der Waals surface area contributed by atoms with E-state index >= 15 is 0 Å². The number of carbonyl (C=O) groups is 1. The zero-order valence-corrected chi connectivity index (χ0v) is 18.7. The second kappa shape index (κ2) is 9.74. The number of non-ortho nitro benzene ring substituents is 1. The summed E-state index contributed by atoms with van der Waals surface area (Å²) in [5.74, 6) is -0.649. The lowest BCUT2D eigenvalue weighted by Gasteiger charge is -2.38. The fourth-order valence-electron chi connectivity index (χ4n) is 4.10. The number of halogens is 3. The van der Waals surface area contributed by atoms with Crippen molar-refractivity contribution in [3.63, 3.8) is 0 Å². The Bertz CT molecular complexity index is 1230. The number of piperazine rings is 1. The molecule has 1 aliphatic rings. The number of benzene rings is 2. The SMILES string of the molecule is C[C@H](C(=O)Nc1ccc(OC(F)(F)F)cc1)N1CCN(c2ccc([N+](=O)[O-])c3cnccc23)CC1. The third-order valence-electron chi connectivity index (χ3n) is 5.91. The smallest absolute Gasteiger partial charge is 0.406 e. The van der Waals surface area contributed by atoms with Crippen molar-refractivity contribution < 1.29 is 27.6 Å². The summed E-state index contributed by atoms with van der Waals surface area (Å²) in [6, 6.07) is 9.46. The maximum atomic E-state index is 12.7. The molecule has 1 N–H and O–H groups in total. The number of fused-ring (bicyclic) bond motifs is 1. The van der Waals surface area contributed by atoms with Crippen molar-refractivity contribution >= 4 is 33.7 Å². The van der Waals surface area contributed by atoms with Gasteiger partial charge in [0.05, 0.1) is 16.4 Å². The highest BCUT2D eigenvalue weighted by Crippen LogP contribution is 2.33. The molecule has 0 radical (unpaired) electrons. The van der Waals surface area contributed by atoms with Gasteiger partial charge in [-0.25, -0.2) is 0 Å².